The minimum Gasteiger partial charge on any atom is -0.493 e. The van der Waals surface area contributed by atoms with Crippen LogP contribution in [0.2, 0.25) is 0 Å². The second-order valence-electron chi connectivity index (χ2n) is 5.05. The molecule has 2 unspecified atom stereocenters. The first-order valence-electron chi connectivity index (χ1n) is 6.90. The molecule has 1 fully saturated rings. The van der Waals surface area contributed by atoms with Crippen molar-refractivity contribution in [1.29, 1.82) is 0 Å². The molecular formula is C15H21NO4. The van der Waals surface area contributed by atoms with Gasteiger partial charge in [-0.05, 0) is 49.9 Å². The smallest absolute Gasteiger partial charge is 0.344 e. The molecule has 2 atom stereocenters. The molecule has 2 rings (SSSR count). The van der Waals surface area contributed by atoms with Gasteiger partial charge in [0.05, 0.1) is 7.11 Å². The van der Waals surface area contributed by atoms with Gasteiger partial charge in [0.1, 0.15) is 0 Å². The van der Waals surface area contributed by atoms with Crippen LogP contribution in [0.5, 0.6) is 11.5 Å². The van der Waals surface area contributed by atoms with Gasteiger partial charge in [-0.2, -0.15) is 0 Å². The highest BCUT2D eigenvalue weighted by molar-refractivity contribution is 5.72. The molecule has 1 aliphatic heterocycles. The third-order valence-electron chi connectivity index (χ3n) is 3.61. The second kappa shape index (κ2) is 6.61. The van der Waals surface area contributed by atoms with Gasteiger partial charge in [-0.3, -0.25) is 0 Å². The van der Waals surface area contributed by atoms with Crippen LogP contribution in [-0.4, -0.2) is 37.4 Å². The van der Waals surface area contributed by atoms with Gasteiger partial charge in [-0.15, -0.1) is 0 Å². The van der Waals surface area contributed by atoms with E-state index in [1.54, 1.807) is 13.2 Å². The van der Waals surface area contributed by atoms with E-state index in [4.69, 9.17) is 14.6 Å². The standard InChI is InChI=1S/C15H21NO4/c1-10(15(17)18)20-13-6-5-11(8-14(13)19-2)12-4-3-7-16-9-12/h5-6,8,10,12,16H,3-4,7,9H2,1-2H3,(H,17,18). The number of benzene rings is 1. The van der Waals surface area contributed by atoms with Gasteiger partial charge in [0.15, 0.2) is 17.6 Å². The van der Waals surface area contributed by atoms with Gasteiger partial charge < -0.3 is 19.9 Å². The SMILES string of the molecule is COc1cc(C2CCCNC2)ccc1OC(C)C(=O)O. The Labute approximate surface area is 118 Å². The molecule has 0 saturated carbocycles. The van der Waals surface area contributed by atoms with Crippen molar-refractivity contribution >= 4 is 5.97 Å². The van der Waals surface area contributed by atoms with E-state index in [1.165, 1.54) is 18.9 Å². The van der Waals surface area contributed by atoms with Crippen LogP contribution in [-0.2, 0) is 4.79 Å². The summed E-state index contributed by atoms with van der Waals surface area (Å²) in [7, 11) is 1.57. The molecule has 1 aliphatic rings. The van der Waals surface area contributed by atoms with Crippen LogP contribution in [0.3, 0.4) is 0 Å². The van der Waals surface area contributed by atoms with Crippen molar-refractivity contribution in [3.63, 3.8) is 0 Å². The summed E-state index contributed by atoms with van der Waals surface area (Å²) >= 11 is 0. The lowest BCUT2D eigenvalue weighted by molar-refractivity contribution is -0.144. The van der Waals surface area contributed by atoms with E-state index >= 15 is 0 Å². The molecule has 0 radical (unpaired) electrons. The fourth-order valence-corrected chi connectivity index (χ4v) is 2.41. The Bertz CT molecular complexity index is 469. The monoisotopic (exact) mass is 279 g/mol. The molecule has 0 amide bonds. The summed E-state index contributed by atoms with van der Waals surface area (Å²) in [5.41, 5.74) is 1.20. The lowest BCUT2D eigenvalue weighted by atomic mass is 9.91. The first-order valence-corrected chi connectivity index (χ1v) is 6.90. The van der Waals surface area contributed by atoms with E-state index in [0.717, 1.165) is 19.5 Å². The minimum atomic E-state index is -0.993. The van der Waals surface area contributed by atoms with E-state index in [-0.39, 0.29) is 0 Å². The Kier molecular flexibility index (Phi) is 4.84. The third-order valence-corrected chi connectivity index (χ3v) is 3.61. The van der Waals surface area contributed by atoms with E-state index < -0.39 is 12.1 Å². The molecule has 0 bridgehead atoms. The number of rotatable bonds is 5. The Morgan fingerprint density at radius 3 is 2.85 bits per heavy atom. The third kappa shape index (κ3) is 3.42. The maximum atomic E-state index is 10.8. The van der Waals surface area contributed by atoms with E-state index in [0.29, 0.717) is 17.4 Å². The molecule has 1 aromatic rings. The summed E-state index contributed by atoms with van der Waals surface area (Å²) in [6.45, 7) is 3.54. The number of hydrogen-bond acceptors (Lipinski definition) is 4. The van der Waals surface area contributed by atoms with Crippen molar-refractivity contribution < 1.29 is 19.4 Å². The number of aliphatic carboxylic acids is 1. The van der Waals surface area contributed by atoms with Gasteiger partial charge >= 0.3 is 5.97 Å². The molecule has 1 heterocycles. The zero-order valence-electron chi connectivity index (χ0n) is 11.9. The Balaban J connectivity index is 2.16. The van der Waals surface area contributed by atoms with Crippen molar-refractivity contribution in [3.8, 4) is 11.5 Å². The fourth-order valence-electron chi connectivity index (χ4n) is 2.41. The normalized spacial score (nSPS) is 20.2. The van der Waals surface area contributed by atoms with Gasteiger partial charge in [0.2, 0.25) is 0 Å². The average molecular weight is 279 g/mol. The maximum Gasteiger partial charge on any atom is 0.344 e. The van der Waals surface area contributed by atoms with Crippen molar-refractivity contribution in [2.24, 2.45) is 0 Å². The lowest BCUT2D eigenvalue weighted by Gasteiger charge is -2.24. The molecular weight excluding hydrogens is 258 g/mol. The van der Waals surface area contributed by atoms with Gasteiger partial charge in [-0.25, -0.2) is 4.79 Å². The highest BCUT2D eigenvalue weighted by atomic mass is 16.5. The van der Waals surface area contributed by atoms with Gasteiger partial charge in [-0.1, -0.05) is 6.07 Å². The summed E-state index contributed by atoms with van der Waals surface area (Å²) in [4.78, 5) is 10.8. The fraction of sp³-hybridized carbons (Fsp3) is 0.533. The minimum absolute atomic E-state index is 0.468. The van der Waals surface area contributed by atoms with Crippen LogP contribution in [0.15, 0.2) is 18.2 Å². The summed E-state index contributed by atoms with van der Waals surface area (Å²) < 4.78 is 10.7. The molecule has 0 spiro atoms. The predicted octanol–water partition coefficient (Wildman–Crippen LogP) is 2.01. The number of piperidine rings is 1. The summed E-state index contributed by atoms with van der Waals surface area (Å²) in [5.74, 6) is 0.535. The number of carboxylic acids is 1. The first kappa shape index (κ1) is 14.7. The van der Waals surface area contributed by atoms with Crippen molar-refractivity contribution in [3.05, 3.63) is 23.8 Å². The number of nitrogens with one attached hydrogen (secondary N) is 1. The number of hydrogen-bond donors (Lipinski definition) is 2. The summed E-state index contributed by atoms with van der Waals surface area (Å²) in [6, 6.07) is 5.73. The zero-order valence-corrected chi connectivity index (χ0v) is 11.9. The van der Waals surface area contributed by atoms with Crippen molar-refractivity contribution in [1.82, 2.24) is 5.32 Å². The molecule has 5 heteroatoms. The van der Waals surface area contributed by atoms with Crippen LogP contribution in [0, 0.1) is 0 Å². The summed E-state index contributed by atoms with van der Waals surface area (Å²) in [6.07, 6.45) is 1.43. The van der Waals surface area contributed by atoms with Crippen LogP contribution < -0.4 is 14.8 Å². The first-order chi connectivity index (χ1) is 9.61. The van der Waals surface area contributed by atoms with E-state index in [9.17, 15) is 4.79 Å². The predicted molar refractivity (Wildman–Crippen MR) is 75.6 cm³/mol. The second-order valence-corrected chi connectivity index (χ2v) is 5.05. The van der Waals surface area contributed by atoms with Gasteiger partial charge in [0, 0.05) is 6.54 Å². The maximum absolute atomic E-state index is 10.8. The quantitative estimate of drug-likeness (QED) is 0.863. The topological polar surface area (TPSA) is 67.8 Å². The Hall–Kier alpha value is -1.75. The molecule has 20 heavy (non-hydrogen) atoms. The Morgan fingerprint density at radius 1 is 1.45 bits per heavy atom. The van der Waals surface area contributed by atoms with Crippen molar-refractivity contribution in [2.75, 3.05) is 20.2 Å². The van der Waals surface area contributed by atoms with E-state index in [2.05, 4.69) is 5.32 Å². The molecule has 0 aliphatic carbocycles. The molecule has 0 aromatic heterocycles. The highest BCUT2D eigenvalue weighted by Crippen LogP contribution is 2.33. The molecule has 2 N–H and O–H groups in total. The molecule has 1 saturated heterocycles. The zero-order chi connectivity index (χ0) is 14.5. The summed E-state index contributed by atoms with van der Waals surface area (Å²) in [5, 5.41) is 12.3. The van der Waals surface area contributed by atoms with Crippen LogP contribution >= 0.6 is 0 Å². The lowest BCUT2D eigenvalue weighted by Crippen LogP contribution is -2.28. The van der Waals surface area contributed by atoms with Gasteiger partial charge in [0.25, 0.3) is 0 Å². The number of ether oxygens (including phenoxy) is 2. The molecule has 1 aromatic carbocycles. The van der Waals surface area contributed by atoms with Crippen LogP contribution in [0.4, 0.5) is 0 Å². The number of methoxy groups -OCH3 is 1. The number of carbonyl (C=O) groups is 1. The van der Waals surface area contributed by atoms with Crippen LogP contribution in [0.1, 0.15) is 31.2 Å². The Morgan fingerprint density at radius 2 is 2.25 bits per heavy atom. The van der Waals surface area contributed by atoms with E-state index in [1.807, 2.05) is 12.1 Å². The molecule has 110 valence electrons. The van der Waals surface area contributed by atoms with Crippen molar-refractivity contribution in [2.45, 2.75) is 31.8 Å². The van der Waals surface area contributed by atoms with Crippen LogP contribution in [0.25, 0.3) is 0 Å². The molecule has 5 nitrogen and oxygen atoms in total. The largest absolute Gasteiger partial charge is 0.493 e. The average Bonchev–Trinajstić information content (AvgIpc) is 2.48. The highest BCUT2D eigenvalue weighted by Gasteiger charge is 2.19. The number of carboxylic acid groups (broad SMARTS) is 1.